The molecule has 2 aromatic rings. The first-order valence-corrected chi connectivity index (χ1v) is 8.68. The molecule has 0 bridgehead atoms. The quantitative estimate of drug-likeness (QED) is 0.804. The Morgan fingerprint density at radius 1 is 1.29 bits per heavy atom. The van der Waals surface area contributed by atoms with Crippen LogP contribution in [0.1, 0.15) is 22.4 Å². The minimum absolute atomic E-state index is 0.0733. The van der Waals surface area contributed by atoms with Crippen molar-refractivity contribution in [3.05, 3.63) is 34.5 Å². The smallest absolute Gasteiger partial charge is 0.224 e. The van der Waals surface area contributed by atoms with E-state index in [4.69, 9.17) is 4.74 Å². The number of aryl methyl sites for hydroxylation is 3. The number of aromatic nitrogens is 1. The molecule has 0 spiro atoms. The van der Waals surface area contributed by atoms with Crippen molar-refractivity contribution >= 4 is 16.8 Å². The Kier molecular flexibility index (Phi) is 5.21. The van der Waals surface area contributed by atoms with Gasteiger partial charge in [-0.1, -0.05) is 12.1 Å². The van der Waals surface area contributed by atoms with Gasteiger partial charge in [-0.05, 0) is 37.5 Å². The first-order chi connectivity index (χ1) is 11.6. The molecule has 1 saturated heterocycles. The summed E-state index contributed by atoms with van der Waals surface area (Å²) in [5, 5.41) is 7.60. The first-order valence-electron chi connectivity index (χ1n) is 8.68. The Labute approximate surface area is 143 Å². The molecule has 3 N–H and O–H groups in total. The number of fused-ring (bicyclic) bond motifs is 1. The summed E-state index contributed by atoms with van der Waals surface area (Å²) >= 11 is 0. The molecule has 5 heteroatoms. The second-order valence-electron chi connectivity index (χ2n) is 6.80. The summed E-state index contributed by atoms with van der Waals surface area (Å²) in [6, 6.07) is 4.25. The van der Waals surface area contributed by atoms with Gasteiger partial charge in [-0.3, -0.25) is 4.79 Å². The molecule has 1 aromatic heterocycles. The molecule has 5 nitrogen and oxygen atoms in total. The van der Waals surface area contributed by atoms with Crippen LogP contribution in [0.3, 0.4) is 0 Å². The second-order valence-corrected chi connectivity index (χ2v) is 6.80. The molecule has 1 aliphatic rings. The number of aromatic amines is 1. The van der Waals surface area contributed by atoms with Crippen molar-refractivity contribution in [1.29, 1.82) is 0 Å². The molecule has 1 amide bonds. The van der Waals surface area contributed by atoms with Crippen LogP contribution in [0.25, 0.3) is 10.9 Å². The molecule has 1 aromatic carbocycles. The lowest BCUT2D eigenvalue weighted by Crippen LogP contribution is -2.35. The van der Waals surface area contributed by atoms with Crippen molar-refractivity contribution in [2.75, 3.05) is 32.8 Å². The van der Waals surface area contributed by atoms with Gasteiger partial charge in [0.1, 0.15) is 0 Å². The fraction of sp³-hybridized carbons (Fsp3) is 0.526. The number of carbonyl (C=O) groups excluding carboxylic acids is 1. The van der Waals surface area contributed by atoms with Crippen molar-refractivity contribution in [2.45, 2.75) is 27.2 Å². The van der Waals surface area contributed by atoms with Gasteiger partial charge >= 0.3 is 0 Å². The largest absolute Gasteiger partial charge is 0.380 e. The standard InChI is InChI=1S/C19H27N3O2/c1-12-4-5-13(2)19-18(12)16(14(3)22-19)8-17(23)21-10-15-9-20-6-7-24-11-15/h4-5,15,20,22H,6-11H2,1-3H3,(H,21,23)/t15-/m1/s1. The predicted molar refractivity (Wildman–Crippen MR) is 96.4 cm³/mol. The molecule has 1 fully saturated rings. The number of nitrogens with one attached hydrogen (secondary N) is 3. The molecule has 3 rings (SSSR count). The fourth-order valence-electron chi connectivity index (χ4n) is 3.40. The van der Waals surface area contributed by atoms with Crippen LogP contribution in [-0.2, 0) is 16.0 Å². The van der Waals surface area contributed by atoms with Crippen molar-refractivity contribution in [3.8, 4) is 0 Å². The highest BCUT2D eigenvalue weighted by Gasteiger charge is 2.17. The van der Waals surface area contributed by atoms with Crippen molar-refractivity contribution in [1.82, 2.24) is 15.6 Å². The lowest BCUT2D eigenvalue weighted by molar-refractivity contribution is -0.120. The zero-order valence-electron chi connectivity index (χ0n) is 14.8. The van der Waals surface area contributed by atoms with E-state index in [0.717, 1.165) is 36.5 Å². The van der Waals surface area contributed by atoms with Gasteiger partial charge in [0.15, 0.2) is 0 Å². The average Bonchev–Trinajstić information content (AvgIpc) is 2.75. The zero-order valence-corrected chi connectivity index (χ0v) is 14.8. The second kappa shape index (κ2) is 7.36. The van der Waals surface area contributed by atoms with Gasteiger partial charge in [-0.15, -0.1) is 0 Å². The monoisotopic (exact) mass is 329 g/mol. The van der Waals surface area contributed by atoms with E-state index in [1.165, 1.54) is 16.5 Å². The van der Waals surface area contributed by atoms with E-state index in [1.54, 1.807) is 0 Å². The minimum atomic E-state index is 0.0733. The molecule has 0 aliphatic carbocycles. The van der Waals surface area contributed by atoms with E-state index < -0.39 is 0 Å². The molecular formula is C19H27N3O2. The maximum atomic E-state index is 12.4. The fourth-order valence-corrected chi connectivity index (χ4v) is 3.40. The summed E-state index contributed by atoms with van der Waals surface area (Å²) < 4.78 is 5.53. The van der Waals surface area contributed by atoms with Crippen LogP contribution >= 0.6 is 0 Å². The number of rotatable bonds is 4. The molecular weight excluding hydrogens is 302 g/mol. The van der Waals surface area contributed by atoms with E-state index in [1.807, 2.05) is 6.92 Å². The third kappa shape index (κ3) is 3.62. The Hall–Kier alpha value is -1.85. The van der Waals surface area contributed by atoms with Gasteiger partial charge in [0.2, 0.25) is 5.91 Å². The van der Waals surface area contributed by atoms with Gasteiger partial charge in [-0.2, -0.15) is 0 Å². The van der Waals surface area contributed by atoms with Crippen molar-refractivity contribution < 1.29 is 9.53 Å². The number of H-pyrrole nitrogens is 1. The van der Waals surface area contributed by atoms with Gasteiger partial charge in [-0.25, -0.2) is 0 Å². The summed E-state index contributed by atoms with van der Waals surface area (Å²) in [6.45, 7) is 10.1. The molecule has 130 valence electrons. The maximum Gasteiger partial charge on any atom is 0.224 e. The average molecular weight is 329 g/mol. The van der Waals surface area contributed by atoms with Gasteiger partial charge in [0.25, 0.3) is 0 Å². The molecule has 24 heavy (non-hydrogen) atoms. The van der Waals surface area contributed by atoms with E-state index in [9.17, 15) is 4.79 Å². The van der Waals surface area contributed by atoms with Gasteiger partial charge in [0.05, 0.1) is 19.6 Å². The highest BCUT2D eigenvalue weighted by molar-refractivity contribution is 5.93. The normalized spacial score (nSPS) is 18.5. The third-order valence-corrected chi connectivity index (χ3v) is 4.82. The van der Waals surface area contributed by atoms with Gasteiger partial charge in [0, 0.05) is 42.1 Å². The number of amides is 1. The van der Waals surface area contributed by atoms with Gasteiger partial charge < -0.3 is 20.4 Å². The van der Waals surface area contributed by atoms with Crippen LogP contribution in [-0.4, -0.2) is 43.7 Å². The van der Waals surface area contributed by atoms with Crippen molar-refractivity contribution in [2.24, 2.45) is 5.92 Å². The van der Waals surface area contributed by atoms with Crippen LogP contribution < -0.4 is 10.6 Å². The Bertz CT molecular complexity index is 728. The molecule has 0 unspecified atom stereocenters. The summed E-state index contributed by atoms with van der Waals surface area (Å²) in [5.41, 5.74) is 5.77. The Morgan fingerprint density at radius 2 is 2.08 bits per heavy atom. The minimum Gasteiger partial charge on any atom is -0.380 e. The lowest BCUT2D eigenvalue weighted by atomic mass is 10.0. The number of hydrogen-bond acceptors (Lipinski definition) is 3. The zero-order chi connectivity index (χ0) is 17.1. The lowest BCUT2D eigenvalue weighted by Gasteiger charge is -2.14. The maximum absolute atomic E-state index is 12.4. The van der Waals surface area contributed by atoms with Crippen LogP contribution in [0.4, 0.5) is 0 Å². The predicted octanol–water partition coefficient (Wildman–Crippen LogP) is 1.99. The number of hydrogen-bond donors (Lipinski definition) is 3. The summed E-state index contributed by atoms with van der Waals surface area (Å²) in [6.07, 6.45) is 0.414. The van der Waals surface area contributed by atoms with Crippen LogP contribution in [0.5, 0.6) is 0 Å². The molecule has 1 atom stereocenters. The number of carbonyl (C=O) groups is 1. The third-order valence-electron chi connectivity index (χ3n) is 4.82. The Balaban J connectivity index is 1.69. The highest BCUT2D eigenvalue weighted by atomic mass is 16.5. The molecule has 0 saturated carbocycles. The molecule has 2 heterocycles. The number of benzene rings is 1. The SMILES string of the molecule is Cc1[nH]c2c(C)ccc(C)c2c1CC(=O)NC[C@H]1CNCCOC1. The summed E-state index contributed by atoms with van der Waals surface area (Å²) in [7, 11) is 0. The topological polar surface area (TPSA) is 66.2 Å². The van der Waals surface area contributed by atoms with Crippen LogP contribution in [0.15, 0.2) is 12.1 Å². The van der Waals surface area contributed by atoms with Crippen LogP contribution in [0, 0.1) is 26.7 Å². The summed E-state index contributed by atoms with van der Waals surface area (Å²) in [5.74, 6) is 0.411. The first kappa shape index (κ1) is 17.0. The van der Waals surface area contributed by atoms with Crippen molar-refractivity contribution in [3.63, 3.8) is 0 Å². The highest BCUT2D eigenvalue weighted by Crippen LogP contribution is 2.28. The molecule has 1 aliphatic heterocycles. The van der Waals surface area contributed by atoms with E-state index in [0.29, 0.717) is 25.5 Å². The van der Waals surface area contributed by atoms with Crippen LogP contribution in [0.2, 0.25) is 0 Å². The molecule has 0 radical (unpaired) electrons. The van der Waals surface area contributed by atoms with E-state index >= 15 is 0 Å². The van der Waals surface area contributed by atoms with E-state index in [2.05, 4.69) is 41.6 Å². The number of ether oxygens (including phenoxy) is 1. The Morgan fingerprint density at radius 3 is 2.92 bits per heavy atom. The van der Waals surface area contributed by atoms with E-state index in [-0.39, 0.29) is 5.91 Å². The summed E-state index contributed by atoms with van der Waals surface area (Å²) in [4.78, 5) is 15.9.